The zero-order valence-electron chi connectivity index (χ0n) is 15.7. The van der Waals surface area contributed by atoms with Gasteiger partial charge in [-0.15, -0.1) is 0 Å². The topological polar surface area (TPSA) is 45.1 Å². The van der Waals surface area contributed by atoms with Gasteiger partial charge in [-0.2, -0.15) is 0 Å². The average Bonchev–Trinajstić information content (AvgIpc) is 3.11. The zero-order chi connectivity index (χ0) is 19.1. The highest BCUT2D eigenvalue weighted by Gasteiger charge is 2.25. The lowest BCUT2D eigenvalue weighted by Gasteiger charge is -2.27. The number of oxime groups is 1. The van der Waals surface area contributed by atoms with E-state index in [4.69, 9.17) is 16.4 Å². The smallest absolute Gasteiger partial charge is 0.145 e. The van der Waals surface area contributed by atoms with Gasteiger partial charge in [0.05, 0.1) is 11.8 Å². The molecule has 4 nitrogen and oxygen atoms in total. The maximum atomic E-state index is 10.3. The summed E-state index contributed by atoms with van der Waals surface area (Å²) in [6, 6.07) is 18.0. The molecule has 2 aromatic rings. The first-order chi connectivity index (χ1) is 13.1. The normalized spacial score (nSPS) is 17.6. The van der Waals surface area contributed by atoms with Crippen molar-refractivity contribution in [1.29, 1.82) is 0 Å². The SMILES string of the molecule is CCC[C@H](O)CN(Cc1ccccc1)C[C@@H]1CC(c2ccc(Cl)cc2)=NO1. The number of halogens is 1. The highest BCUT2D eigenvalue weighted by molar-refractivity contribution is 6.30. The van der Waals surface area contributed by atoms with Gasteiger partial charge in [0.2, 0.25) is 0 Å². The second-order valence-electron chi connectivity index (χ2n) is 7.10. The van der Waals surface area contributed by atoms with Crippen molar-refractivity contribution in [3.8, 4) is 0 Å². The Kier molecular flexibility index (Phi) is 7.27. The van der Waals surface area contributed by atoms with E-state index in [0.29, 0.717) is 11.6 Å². The molecule has 1 heterocycles. The Morgan fingerprint density at radius 2 is 1.93 bits per heavy atom. The molecule has 0 fully saturated rings. The molecule has 0 saturated carbocycles. The lowest BCUT2D eigenvalue weighted by molar-refractivity contribution is 0.0305. The van der Waals surface area contributed by atoms with Crippen LogP contribution >= 0.6 is 11.6 Å². The number of benzene rings is 2. The molecule has 1 aliphatic rings. The first kappa shape index (κ1) is 19.9. The molecule has 2 aromatic carbocycles. The fraction of sp³-hybridized carbons (Fsp3) is 0.409. The molecule has 0 spiro atoms. The van der Waals surface area contributed by atoms with Crippen LogP contribution in [0.25, 0.3) is 0 Å². The second-order valence-corrected chi connectivity index (χ2v) is 7.54. The van der Waals surface area contributed by atoms with Crippen LogP contribution in [0.3, 0.4) is 0 Å². The zero-order valence-corrected chi connectivity index (χ0v) is 16.5. The Bertz CT molecular complexity index is 734. The van der Waals surface area contributed by atoms with Crippen LogP contribution in [0.5, 0.6) is 0 Å². The van der Waals surface area contributed by atoms with E-state index in [0.717, 1.165) is 43.6 Å². The molecule has 0 aromatic heterocycles. The molecule has 0 unspecified atom stereocenters. The minimum absolute atomic E-state index is 0.00628. The Labute approximate surface area is 166 Å². The van der Waals surface area contributed by atoms with Crippen LogP contribution in [0.15, 0.2) is 59.8 Å². The number of hydrogen-bond donors (Lipinski definition) is 1. The lowest BCUT2D eigenvalue weighted by atomic mass is 10.0. The molecule has 0 amide bonds. The van der Waals surface area contributed by atoms with E-state index in [1.54, 1.807) is 0 Å². The molecule has 2 atom stereocenters. The Balaban J connectivity index is 1.61. The summed E-state index contributed by atoms with van der Waals surface area (Å²) in [5.74, 6) is 0. The van der Waals surface area contributed by atoms with Crippen molar-refractivity contribution in [2.75, 3.05) is 13.1 Å². The molecule has 5 heteroatoms. The van der Waals surface area contributed by atoms with Crippen molar-refractivity contribution in [2.45, 2.75) is 44.9 Å². The van der Waals surface area contributed by atoms with Gasteiger partial charge in [-0.1, -0.05) is 72.6 Å². The Morgan fingerprint density at radius 1 is 1.19 bits per heavy atom. The molecule has 1 N–H and O–H groups in total. The van der Waals surface area contributed by atoms with Crippen molar-refractivity contribution < 1.29 is 9.94 Å². The first-order valence-corrected chi connectivity index (χ1v) is 9.94. The van der Waals surface area contributed by atoms with Crippen molar-refractivity contribution in [1.82, 2.24) is 4.90 Å². The van der Waals surface area contributed by atoms with Gasteiger partial charge < -0.3 is 9.94 Å². The third kappa shape index (κ3) is 6.06. The van der Waals surface area contributed by atoms with Crippen LogP contribution in [-0.2, 0) is 11.4 Å². The van der Waals surface area contributed by atoms with E-state index in [1.165, 1.54) is 5.56 Å². The van der Waals surface area contributed by atoms with Gasteiger partial charge in [-0.3, -0.25) is 4.90 Å². The highest BCUT2D eigenvalue weighted by atomic mass is 35.5. The Morgan fingerprint density at radius 3 is 2.63 bits per heavy atom. The maximum Gasteiger partial charge on any atom is 0.145 e. The van der Waals surface area contributed by atoms with Crippen LogP contribution in [0.4, 0.5) is 0 Å². The number of rotatable bonds is 9. The predicted molar refractivity (Wildman–Crippen MR) is 110 cm³/mol. The van der Waals surface area contributed by atoms with E-state index in [9.17, 15) is 5.11 Å². The number of aliphatic hydroxyl groups excluding tert-OH is 1. The van der Waals surface area contributed by atoms with Crippen LogP contribution in [0.1, 0.15) is 37.3 Å². The summed E-state index contributed by atoms with van der Waals surface area (Å²) in [5, 5.41) is 15.3. The molecule has 27 heavy (non-hydrogen) atoms. The van der Waals surface area contributed by atoms with Crippen LogP contribution in [-0.4, -0.2) is 41.0 Å². The highest BCUT2D eigenvalue weighted by Crippen LogP contribution is 2.20. The largest absolute Gasteiger partial charge is 0.392 e. The third-order valence-electron chi connectivity index (χ3n) is 4.71. The first-order valence-electron chi connectivity index (χ1n) is 9.57. The molecule has 144 valence electrons. The molecule has 0 radical (unpaired) electrons. The van der Waals surface area contributed by atoms with Crippen LogP contribution in [0.2, 0.25) is 5.02 Å². The van der Waals surface area contributed by atoms with Gasteiger partial charge in [0.1, 0.15) is 6.10 Å². The standard InChI is InChI=1S/C22H27ClN2O2/c1-2-6-20(26)15-25(14-17-7-4-3-5-8-17)16-21-13-22(24-27-21)18-9-11-19(23)12-10-18/h3-5,7-12,20-21,26H,2,6,13-16H2,1H3/t20-,21-/m0/s1. The summed E-state index contributed by atoms with van der Waals surface area (Å²) in [5.41, 5.74) is 3.23. The van der Waals surface area contributed by atoms with E-state index in [1.807, 2.05) is 42.5 Å². The third-order valence-corrected chi connectivity index (χ3v) is 4.96. The quantitative estimate of drug-likeness (QED) is 0.690. The summed E-state index contributed by atoms with van der Waals surface area (Å²) < 4.78 is 0. The molecule has 3 rings (SSSR count). The Hall–Kier alpha value is -1.88. The predicted octanol–water partition coefficient (Wildman–Crippen LogP) is 4.50. The summed E-state index contributed by atoms with van der Waals surface area (Å²) >= 11 is 5.97. The number of nitrogens with zero attached hydrogens (tertiary/aromatic N) is 2. The fourth-order valence-electron chi connectivity index (χ4n) is 3.39. The van der Waals surface area contributed by atoms with E-state index in [2.05, 4.69) is 29.1 Å². The van der Waals surface area contributed by atoms with Gasteiger partial charge in [0.25, 0.3) is 0 Å². The van der Waals surface area contributed by atoms with E-state index in [-0.39, 0.29) is 12.2 Å². The van der Waals surface area contributed by atoms with E-state index >= 15 is 0 Å². The van der Waals surface area contributed by atoms with Gasteiger partial charge in [0, 0.05) is 31.1 Å². The maximum absolute atomic E-state index is 10.3. The van der Waals surface area contributed by atoms with Gasteiger partial charge in [0.15, 0.2) is 0 Å². The molecular formula is C22H27ClN2O2. The number of hydrogen-bond acceptors (Lipinski definition) is 4. The molecule has 1 aliphatic heterocycles. The minimum Gasteiger partial charge on any atom is -0.392 e. The van der Waals surface area contributed by atoms with Gasteiger partial charge in [-0.05, 0) is 29.7 Å². The fourth-order valence-corrected chi connectivity index (χ4v) is 3.52. The van der Waals surface area contributed by atoms with Crippen molar-refractivity contribution >= 4 is 17.3 Å². The van der Waals surface area contributed by atoms with Crippen molar-refractivity contribution in [3.05, 3.63) is 70.7 Å². The molecule has 0 bridgehead atoms. The van der Waals surface area contributed by atoms with Gasteiger partial charge >= 0.3 is 0 Å². The number of aliphatic hydroxyl groups is 1. The van der Waals surface area contributed by atoms with E-state index < -0.39 is 0 Å². The van der Waals surface area contributed by atoms with Crippen molar-refractivity contribution in [3.63, 3.8) is 0 Å². The summed E-state index contributed by atoms with van der Waals surface area (Å²) in [6.45, 7) is 4.25. The van der Waals surface area contributed by atoms with Crippen LogP contribution in [0, 0.1) is 0 Å². The molecular weight excluding hydrogens is 360 g/mol. The molecule has 0 aliphatic carbocycles. The van der Waals surface area contributed by atoms with Gasteiger partial charge in [-0.25, -0.2) is 0 Å². The second kappa shape index (κ2) is 9.88. The lowest BCUT2D eigenvalue weighted by Crippen LogP contribution is -2.37. The molecule has 0 saturated heterocycles. The summed E-state index contributed by atoms with van der Waals surface area (Å²) in [7, 11) is 0. The monoisotopic (exact) mass is 386 g/mol. The average molecular weight is 387 g/mol. The minimum atomic E-state index is -0.322. The summed E-state index contributed by atoms with van der Waals surface area (Å²) in [4.78, 5) is 7.96. The van der Waals surface area contributed by atoms with Crippen LogP contribution < -0.4 is 0 Å². The van der Waals surface area contributed by atoms with Crippen molar-refractivity contribution in [2.24, 2.45) is 5.16 Å². The summed E-state index contributed by atoms with van der Waals surface area (Å²) in [6.07, 6.45) is 2.22.